The number of nitrogens with two attached hydrogens (primary N) is 6. The number of unbranched alkanes of at least 4 members (excludes halogenated alkanes) is 2. The van der Waals surface area contributed by atoms with Crippen molar-refractivity contribution in [1.29, 1.82) is 0 Å². The van der Waals surface area contributed by atoms with Crippen molar-refractivity contribution < 1.29 is 53.1 Å². The number of amides is 10. The predicted molar refractivity (Wildman–Crippen MR) is 338 cm³/mol. The van der Waals surface area contributed by atoms with Crippen LogP contribution >= 0.6 is 0 Å². The molecule has 0 unspecified atom stereocenters. The fraction of sp³-hybridized carbons (Fsp3) is 0.656. The lowest BCUT2D eigenvalue weighted by Crippen LogP contribution is -2.62. The van der Waals surface area contributed by atoms with Gasteiger partial charge in [0.05, 0.1) is 12.6 Å². The Morgan fingerprint density at radius 2 is 0.807 bits per heavy atom. The third-order valence-corrected chi connectivity index (χ3v) is 14.3. The molecule has 0 aliphatic rings. The average molecular weight is 1240 g/mol. The molecule has 494 valence electrons. The van der Waals surface area contributed by atoms with Crippen molar-refractivity contribution in [2.24, 2.45) is 63.1 Å². The smallest absolute Gasteiger partial charge is 0.245 e. The van der Waals surface area contributed by atoms with E-state index in [2.05, 4.69) is 52.8 Å². The SMILES string of the molecule is CC(C)C[C@H](NC(=O)[C@H](CC(C)C)NC(=O)[C@@H](NC(=O)[C@H](CCCCN)NC(=O)[C@H](Cc1ccc2ccccc2c1)NC(=O)[C@H](CCCN=C(N)N)NC(=O)[C@H](CCCCN)NC(=O)[C@H](CC(C)C)NC(=O)[C@H](CC(C)C)NC(=O)CN)[C@@H](C)O)C(N)=O. The molecule has 0 aromatic heterocycles. The van der Waals surface area contributed by atoms with Gasteiger partial charge >= 0.3 is 0 Å². The number of nitrogens with one attached hydrogen (secondary N) is 9. The molecule has 0 aliphatic heterocycles. The molecule has 22 N–H and O–H groups in total. The van der Waals surface area contributed by atoms with Crippen molar-refractivity contribution in [2.75, 3.05) is 26.2 Å². The molecule has 0 radical (unpaired) electrons. The van der Waals surface area contributed by atoms with Gasteiger partial charge < -0.3 is 87.4 Å². The Kier molecular flexibility index (Phi) is 34.9. The molecule has 2 aromatic rings. The standard InChI is InChI=1S/C61H104N16O11/c1-34(2)27-45(52(65)80)73-58(86)48(30-37(7)8)76-60(88)51(38(9)78)77-55(83)43(20-13-15-25-63)72-59(87)49(32-39-22-23-40-17-10-11-18-41(40)31-39)75-54(82)44(21-16-26-68-61(66)67)70-53(81)42(19-12-14-24-62)71-57(85)47(29-36(5)6)74-56(84)46(28-35(3)4)69-50(79)33-64/h10-11,17-18,22-23,31,34-38,42-49,51,78H,12-16,19-21,24-30,32-33,62-64H2,1-9H3,(H2,65,80)(H,69,79)(H,70,81)(H,71,85)(H,72,87)(H,73,86)(H,74,84)(H,75,82)(H,76,88)(H,77,83)(H4,66,67,68)/t38-,42+,43+,44+,45+,46+,47+,48+,49+,51+/m1/s1. The van der Waals surface area contributed by atoms with Gasteiger partial charge in [0.25, 0.3) is 0 Å². The quantitative estimate of drug-likeness (QED) is 0.0217. The maximum absolute atomic E-state index is 14.9. The maximum Gasteiger partial charge on any atom is 0.245 e. The molecule has 10 amide bonds. The zero-order valence-electron chi connectivity index (χ0n) is 53.1. The molecule has 0 bridgehead atoms. The third-order valence-electron chi connectivity index (χ3n) is 14.3. The maximum atomic E-state index is 14.9. The fourth-order valence-electron chi connectivity index (χ4n) is 9.74. The minimum Gasteiger partial charge on any atom is -0.391 e. The van der Waals surface area contributed by atoms with E-state index in [0.717, 1.165) is 10.8 Å². The minimum atomic E-state index is -1.66. The molecule has 0 fully saturated rings. The average Bonchev–Trinajstić information content (AvgIpc) is 3.64. The van der Waals surface area contributed by atoms with Gasteiger partial charge in [-0.05, 0) is 137 Å². The summed E-state index contributed by atoms with van der Waals surface area (Å²) in [6.07, 6.45) is 0.702. The number of fused-ring (bicyclic) bond motifs is 1. The van der Waals surface area contributed by atoms with Crippen LogP contribution in [0, 0.1) is 23.7 Å². The van der Waals surface area contributed by atoms with E-state index in [1.807, 2.05) is 91.8 Å². The van der Waals surface area contributed by atoms with E-state index in [0.29, 0.717) is 31.2 Å². The second kappa shape index (κ2) is 40.1. The topological polar surface area (TPSA) is 468 Å². The second-order valence-electron chi connectivity index (χ2n) is 24.3. The molecule has 0 saturated heterocycles. The van der Waals surface area contributed by atoms with Crippen LogP contribution in [0.15, 0.2) is 47.5 Å². The first-order valence-electron chi connectivity index (χ1n) is 30.8. The Bertz CT molecular complexity index is 2610. The molecular formula is C61H104N16O11. The highest BCUT2D eigenvalue weighted by atomic mass is 16.3. The van der Waals surface area contributed by atoms with Crippen LogP contribution in [-0.2, 0) is 54.4 Å². The van der Waals surface area contributed by atoms with Crippen LogP contribution in [0.4, 0.5) is 0 Å². The fourth-order valence-corrected chi connectivity index (χ4v) is 9.74. The van der Waals surface area contributed by atoms with Gasteiger partial charge in [-0.1, -0.05) is 97.9 Å². The van der Waals surface area contributed by atoms with Gasteiger partial charge in [-0.25, -0.2) is 0 Å². The number of carbonyl (C=O) groups is 10. The lowest BCUT2D eigenvalue weighted by atomic mass is 9.99. The van der Waals surface area contributed by atoms with Crippen LogP contribution in [0.2, 0.25) is 0 Å². The summed E-state index contributed by atoms with van der Waals surface area (Å²) in [4.78, 5) is 143. The number of guanidine groups is 1. The Hall–Kier alpha value is -7.49. The first-order valence-corrected chi connectivity index (χ1v) is 30.8. The Labute approximate surface area is 518 Å². The van der Waals surface area contributed by atoms with Crippen LogP contribution in [0.1, 0.15) is 145 Å². The molecule has 0 aliphatic carbocycles. The van der Waals surface area contributed by atoms with E-state index in [4.69, 9.17) is 34.4 Å². The third kappa shape index (κ3) is 29.0. The van der Waals surface area contributed by atoms with Gasteiger partial charge in [0.1, 0.15) is 54.4 Å². The van der Waals surface area contributed by atoms with Gasteiger partial charge in [0.15, 0.2) is 5.96 Å². The number of benzene rings is 2. The highest BCUT2D eigenvalue weighted by Crippen LogP contribution is 2.19. The van der Waals surface area contributed by atoms with Crippen molar-refractivity contribution >= 4 is 75.8 Å². The molecule has 0 spiro atoms. The van der Waals surface area contributed by atoms with Gasteiger partial charge in [0, 0.05) is 13.0 Å². The highest BCUT2D eigenvalue weighted by Gasteiger charge is 2.37. The number of aliphatic hydroxyl groups is 1. The van der Waals surface area contributed by atoms with Crippen molar-refractivity contribution in [2.45, 2.75) is 206 Å². The summed E-state index contributed by atoms with van der Waals surface area (Å²) in [6, 6.07) is 1.33. The first kappa shape index (κ1) is 76.6. The van der Waals surface area contributed by atoms with Gasteiger partial charge in [-0.2, -0.15) is 0 Å². The normalized spacial score (nSPS) is 14.8. The van der Waals surface area contributed by atoms with Crippen molar-refractivity contribution in [1.82, 2.24) is 47.9 Å². The molecular weight excluding hydrogens is 1130 g/mol. The molecule has 88 heavy (non-hydrogen) atoms. The molecule has 2 rings (SSSR count). The highest BCUT2D eigenvalue weighted by molar-refractivity contribution is 5.99. The Morgan fingerprint density at radius 1 is 0.432 bits per heavy atom. The molecule has 27 nitrogen and oxygen atoms in total. The molecule has 0 heterocycles. The van der Waals surface area contributed by atoms with Gasteiger partial charge in [0.2, 0.25) is 59.1 Å². The van der Waals surface area contributed by atoms with E-state index < -0.39 is 120 Å². The molecule has 27 heteroatoms. The van der Waals surface area contributed by atoms with E-state index in [1.54, 1.807) is 6.07 Å². The van der Waals surface area contributed by atoms with Gasteiger partial charge in [-0.3, -0.25) is 52.9 Å². The van der Waals surface area contributed by atoms with Crippen molar-refractivity contribution in [3.05, 3.63) is 48.0 Å². The van der Waals surface area contributed by atoms with E-state index in [1.165, 1.54) is 6.92 Å². The Morgan fingerprint density at radius 3 is 1.24 bits per heavy atom. The van der Waals surface area contributed by atoms with Crippen molar-refractivity contribution in [3.8, 4) is 0 Å². The molecule has 10 atom stereocenters. The summed E-state index contributed by atoms with van der Waals surface area (Å²) in [5.41, 5.74) is 34.7. The zero-order valence-corrected chi connectivity index (χ0v) is 53.1. The summed E-state index contributed by atoms with van der Waals surface area (Å²) >= 11 is 0. The van der Waals surface area contributed by atoms with E-state index in [9.17, 15) is 53.1 Å². The molecule has 0 saturated carbocycles. The second-order valence-corrected chi connectivity index (χ2v) is 24.3. The summed E-state index contributed by atoms with van der Waals surface area (Å²) in [5, 5.41) is 37.0. The first-order chi connectivity index (χ1) is 41.5. The lowest BCUT2D eigenvalue weighted by Gasteiger charge is -2.29. The summed E-state index contributed by atoms with van der Waals surface area (Å²) < 4.78 is 0. The number of aliphatic imine (C=N–C) groups is 1. The van der Waals surface area contributed by atoms with Crippen LogP contribution in [0.5, 0.6) is 0 Å². The monoisotopic (exact) mass is 1240 g/mol. The summed E-state index contributed by atoms with van der Waals surface area (Å²) in [7, 11) is 0. The number of rotatable bonds is 42. The molecule has 2 aromatic carbocycles. The lowest BCUT2D eigenvalue weighted by molar-refractivity contribution is -0.137. The summed E-state index contributed by atoms with van der Waals surface area (Å²) in [6.45, 7) is 16.2. The predicted octanol–water partition coefficient (Wildman–Crippen LogP) is -0.934. The minimum absolute atomic E-state index is 0.0158. The zero-order chi connectivity index (χ0) is 66.2. The van der Waals surface area contributed by atoms with Gasteiger partial charge in [-0.15, -0.1) is 0 Å². The largest absolute Gasteiger partial charge is 0.391 e. The van der Waals surface area contributed by atoms with Crippen LogP contribution in [-0.4, -0.2) is 157 Å². The number of primary amides is 1. The summed E-state index contributed by atoms with van der Waals surface area (Å²) in [5.74, 6) is -8.19. The van der Waals surface area contributed by atoms with Crippen LogP contribution in [0.25, 0.3) is 10.8 Å². The number of hydrogen-bond acceptors (Lipinski definition) is 15. The number of aliphatic hydroxyl groups excluding tert-OH is 1. The number of hydrogen-bond donors (Lipinski definition) is 16. The van der Waals surface area contributed by atoms with Crippen LogP contribution < -0.4 is 82.3 Å². The number of nitrogens with zero attached hydrogens (tertiary/aromatic N) is 1. The van der Waals surface area contributed by atoms with Crippen LogP contribution in [0.3, 0.4) is 0 Å². The van der Waals surface area contributed by atoms with E-state index in [-0.39, 0.29) is 114 Å². The Balaban J connectivity index is 2.67. The van der Waals surface area contributed by atoms with Crippen molar-refractivity contribution in [3.63, 3.8) is 0 Å². The number of carbonyl (C=O) groups excluding carboxylic acids is 10. The van der Waals surface area contributed by atoms with E-state index >= 15 is 0 Å².